The van der Waals surface area contributed by atoms with Gasteiger partial charge in [0, 0.05) is 38.2 Å². The van der Waals surface area contributed by atoms with Gasteiger partial charge >= 0.3 is 0 Å². The van der Waals surface area contributed by atoms with Crippen LogP contribution in [0.2, 0.25) is 5.02 Å². The van der Waals surface area contributed by atoms with Crippen LogP contribution in [0.25, 0.3) is 0 Å². The van der Waals surface area contributed by atoms with E-state index in [0.29, 0.717) is 48.9 Å². The number of halogens is 1. The van der Waals surface area contributed by atoms with Gasteiger partial charge in [-0.3, -0.25) is 9.59 Å². The molecule has 3 rings (SSSR count). The molecule has 30 heavy (non-hydrogen) atoms. The predicted molar refractivity (Wildman–Crippen MR) is 124 cm³/mol. The van der Waals surface area contributed by atoms with Gasteiger partial charge in [-0.25, -0.2) is 0 Å². The second-order valence-corrected chi connectivity index (χ2v) is 9.05. The van der Waals surface area contributed by atoms with Crippen molar-refractivity contribution in [1.29, 1.82) is 0 Å². The molecule has 5 nitrogen and oxygen atoms in total. The molecule has 2 aromatic rings. The maximum absolute atomic E-state index is 12.9. The van der Waals surface area contributed by atoms with Crippen molar-refractivity contribution in [3.63, 3.8) is 0 Å². The number of rotatable bonds is 4. The molecule has 160 valence electrons. The largest absolute Gasteiger partial charge is 0.365 e. The molecule has 6 heteroatoms. The quantitative estimate of drug-likeness (QED) is 0.751. The topological polar surface area (TPSA) is 52.7 Å². The number of benzene rings is 2. The highest BCUT2D eigenvalue weighted by atomic mass is 35.5. The summed E-state index contributed by atoms with van der Waals surface area (Å²) in [6.07, 6.45) is 0.515. The number of nitrogens with one attached hydrogen (secondary N) is 1. The van der Waals surface area contributed by atoms with E-state index in [-0.39, 0.29) is 17.2 Å². The predicted octanol–water partition coefficient (Wildman–Crippen LogP) is 4.95. The first-order valence-corrected chi connectivity index (χ1v) is 10.8. The number of nitrogens with zero attached hydrogens (tertiary/aromatic N) is 2. The fourth-order valence-corrected chi connectivity index (χ4v) is 3.95. The third-order valence-corrected chi connectivity index (χ3v) is 5.80. The normalized spacial score (nSPS) is 14.6. The number of anilines is 2. The smallest absolute Gasteiger partial charge is 0.255 e. The highest BCUT2D eigenvalue weighted by molar-refractivity contribution is 6.34. The Bertz CT molecular complexity index is 911. The lowest BCUT2D eigenvalue weighted by Gasteiger charge is -2.37. The first-order chi connectivity index (χ1) is 14.2. The summed E-state index contributed by atoms with van der Waals surface area (Å²) in [5, 5.41) is 3.61. The molecule has 1 heterocycles. The first-order valence-electron chi connectivity index (χ1n) is 10.4. The molecule has 1 aliphatic heterocycles. The van der Waals surface area contributed by atoms with Crippen molar-refractivity contribution in [2.75, 3.05) is 36.4 Å². The molecule has 1 aliphatic rings. The number of hydrogen-bond acceptors (Lipinski definition) is 3. The molecule has 1 saturated heterocycles. The summed E-state index contributed by atoms with van der Waals surface area (Å²) >= 11 is 6.52. The average molecular weight is 428 g/mol. The molecular formula is C24H30ClN3O2. The van der Waals surface area contributed by atoms with Crippen molar-refractivity contribution >= 4 is 34.8 Å². The number of hydrogen-bond donors (Lipinski definition) is 1. The van der Waals surface area contributed by atoms with Crippen LogP contribution < -0.4 is 10.2 Å². The van der Waals surface area contributed by atoms with Crippen molar-refractivity contribution in [3.8, 4) is 0 Å². The third kappa shape index (κ3) is 4.96. The number of amides is 2. The van der Waals surface area contributed by atoms with E-state index in [2.05, 4.69) is 31.0 Å². The second-order valence-electron chi connectivity index (χ2n) is 8.64. The van der Waals surface area contributed by atoms with E-state index in [1.54, 1.807) is 0 Å². The molecule has 2 aromatic carbocycles. The lowest BCUT2D eigenvalue weighted by molar-refractivity contribution is -0.131. The summed E-state index contributed by atoms with van der Waals surface area (Å²) in [5.41, 5.74) is 3.32. The Hall–Kier alpha value is -2.53. The van der Waals surface area contributed by atoms with Crippen molar-refractivity contribution in [2.45, 2.75) is 39.5 Å². The average Bonchev–Trinajstić information content (AvgIpc) is 2.73. The van der Waals surface area contributed by atoms with E-state index in [1.807, 2.05) is 54.3 Å². The summed E-state index contributed by atoms with van der Waals surface area (Å²) in [4.78, 5) is 28.8. The fourth-order valence-electron chi connectivity index (χ4n) is 3.66. The van der Waals surface area contributed by atoms with E-state index in [9.17, 15) is 9.59 Å². The number of carbonyl (C=O) groups excluding carboxylic acids is 2. The molecule has 0 aromatic heterocycles. The standard InChI is InChI=1S/C24H30ClN3O2/c1-5-21(29)27-13-15-28(16-14-27)22-19(25)7-6-8-20(22)26-23(30)17-9-11-18(12-10-17)24(2,3)4/h6-12H,5,13-16H2,1-4H3,(H,26,30). The Labute approximate surface area is 184 Å². The Morgan fingerprint density at radius 1 is 1.00 bits per heavy atom. The SMILES string of the molecule is CCC(=O)N1CCN(c2c(Cl)cccc2NC(=O)c2ccc(C(C)(C)C)cc2)CC1. The monoisotopic (exact) mass is 427 g/mol. The maximum Gasteiger partial charge on any atom is 0.255 e. The van der Waals surface area contributed by atoms with Crippen LogP contribution in [0.1, 0.15) is 50.0 Å². The molecule has 0 saturated carbocycles. The highest BCUT2D eigenvalue weighted by Crippen LogP contribution is 2.35. The summed E-state index contributed by atoms with van der Waals surface area (Å²) < 4.78 is 0. The molecular weight excluding hydrogens is 398 g/mol. The van der Waals surface area contributed by atoms with Crippen molar-refractivity contribution < 1.29 is 9.59 Å². The van der Waals surface area contributed by atoms with E-state index < -0.39 is 0 Å². The van der Waals surface area contributed by atoms with Crippen LogP contribution in [0.3, 0.4) is 0 Å². The Kier molecular flexibility index (Phi) is 6.71. The van der Waals surface area contributed by atoms with Crippen molar-refractivity contribution in [3.05, 3.63) is 58.6 Å². The fraction of sp³-hybridized carbons (Fsp3) is 0.417. The zero-order valence-electron chi connectivity index (χ0n) is 18.2. The second kappa shape index (κ2) is 9.09. The van der Waals surface area contributed by atoms with Crippen molar-refractivity contribution in [1.82, 2.24) is 4.90 Å². The van der Waals surface area contributed by atoms with Crippen LogP contribution in [0.15, 0.2) is 42.5 Å². The van der Waals surface area contributed by atoms with Gasteiger partial charge in [-0.2, -0.15) is 0 Å². The van der Waals surface area contributed by atoms with Gasteiger partial charge in [0.2, 0.25) is 5.91 Å². The molecule has 0 spiro atoms. The zero-order valence-corrected chi connectivity index (χ0v) is 18.9. The molecule has 0 radical (unpaired) electrons. The minimum Gasteiger partial charge on any atom is -0.365 e. The highest BCUT2D eigenvalue weighted by Gasteiger charge is 2.24. The summed E-state index contributed by atoms with van der Waals surface area (Å²) in [7, 11) is 0. The lowest BCUT2D eigenvalue weighted by atomic mass is 9.87. The van der Waals surface area contributed by atoms with Gasteiger partial charge in [0.05, 0.1) is 16.4 Å². The van der Waals surface area contributed by atoms with E-state index in [4.69, 9.17) is 11.6 Å². The summed E-state index contributed by atoms with van der Waals surface area (Å²) in [6.45, 7) is 11.0. The van der Waals surface area contributed by atoms with Gasteiger partial charge < -0.3 is 15.1 Å². The number of para-hydroxylation sites is 1. The van der Waals surface area contributed by atoms with Gasteiger partial charge in [-0.15, -0.1) is 0 Å². The molecule has 0 unspecified atom stereocenters. The van der Waals surface area contributed by atoms with Crippen LogP contribution in [-0.4, -0.2) is 42.9 Å². The van der Waals surface area contributed by atoms with Gasteiger partial charge in [-0.05, 0) is 35.2 Å². The molecule has 2 amide bonds. The summed E-state index contributed by atoms with van der Waals surface area (Å²) in [6, 6.07) is 13.2. The van der Waals surface area contributed by atoms with Gasteiger partial charge in [0.15, 0.2) is 0 Å². The minimum absolute atomic E-state index is 0.0381. The molecule has 1 N–H and O–H groups in total. The van der Waals surface area contributed by atoms with E-state index in [0.717, 1.165) is 5.69 Å². The third-order valence-electron chi connectivity index (χ3n) is 5.50. The number of piperazine rings is 1. The van der Waals surface area contributed by atoms with Crippen LogP contribution >= 0.6 is 11.6 Å². The van der Waals surface area contributed by atoms with Gasteiger partial charge in [0.1, 0.15) is 0 Å². The zero-order chi connectivity index (χ0) is 21.9. The van der Waals surface area contributed by atoms with Gasteiger partial charge in [-0.1, -0.05) is 57.5 Å². The Morgan fingerprint density at radius 3 is 2.20 bits per heavy atom. The van der Waals surface area contributed by atoms with Crippen LogP contribution in [0.4, 0.5) is 11.4 Å². The van der Waals surface area contributed by atoms with Crippen LogP contribution in [-0.2, 0) is 10.2 Å². The number of carbonyl (C=O) groups is 2. The Balaban J connectivity index is 1.77. The van der Waals surface area contributed by atoms with E-state index in [1.165, 1.54) is 5.56 Å². The van der Waals surface area contributed by atoms with E-state index >= 15 is 0 Å². The van der Waals surface area contributed by atoms with Gasteiger partial charge in [0.25, 0.3) is 5.91 Å². The molecule has 0 bridgehead atoms. The first kappa shape index (κ1) is 22.2. The van der Waals surface area contributed by atoms with Crippen molar-refractivity contribution in [2.24, 2.45) is 0 Å². The Morgan fingerprint density at radius 2 is 1.63 bits per heavy atom. The molecule has 0 aliphatic carbocycles. The molecule has 0 atom stereocenters. The summed E-state index contributed by atoms with van der Waals surface area (Å²) in [5.74, 6) is -0.000175. The minimum atomic E-state index is -0.168. The maximum atomic E-state index is 12.9. The van der Waals surface area contributed by atoms with Crippen LogP contribution in [0, 0.1) is 0 Å². The lowest BCUT2D eigenvalue weighted by Crippen LogP contribution is -2.48. The molecule has 1 fully saturated rings. The van der Waals surface area contributed by atoms with Crippen LogP contribution in [0.5, 0.6) is 0 Å².